The summed E-state index contributed by atoms with van der Waals surface area (Å²) in [4.78, 5) is 3.12. The predicted octanol–water partition coefficient (Wildman–Crippen LogP) is 2.25. The molecule has 0 amide bonds. The number of ether oxygens (including phenoxy) is 2. The lowest BCUT2D eigenvalue weighted by Gasteiger charge is -2.30. The topological polar surface area (TPSA) is 21.7 Å². The first kappa shape index (κ1) is 10.8. The number of benzene rings is 1. The molecule has 0 bridgehead atoms. The third-order valence-electron chi connectivity index (χ3n) is 3.20. The molecule has 2 aliphatic heterocycles. The Balaban J connectivity index is 1.73. The molecule has 1 atom stereocenters. The molecule has 3 rings (SSSR count). The predicted molar refractivity (Wildman–Crippen MR) is 69.8 cm³/mol. The van der Waals surface area contributed by atoms with E-state index >= 15 is 0 Å². The third kappa shape index (κ3) is 2.09. The summed E-state index contributed by atoms with van der Waals surface area (Å²) in [6.07, 6.45) is 2.34. The van der Waals surface area contributed by atoms with Gasteiger partial charge in [0, 0.05) is 13.1 Å². The van der Waals surface area contributed by atoms with E-state index in [0.717, 1.165) is 29.6 Å². The number of para-hydroxylation sites is 2. The van der Waals surface area contributed by atoms with Crippen LogP contribution in [0, 0.1) is 0 Å². The monoisotopic (exact) mass is 249 g/mol. The first-order chi connectivity index (χ1) is 8.34. The summed E-state index contributed by atoms with van der Waals surface area (Å²) in [6, 6.07) is 7.74. The summed E-state index contributed by atoms with van der Waals surface area (Å²) in [6.45, 7) is 2.63. The molecule has 3 nitrogen and oxygen atoms in total. The van der Waals surface area contributed by atoms with Crippen LogP contribution in [0.15, 0.2) is 24.3 Å². The second-order valence-electron chi connectivity index (χ2n) is 4.40. The zero-order valence-electron chi connectivity index (χ0n) is 9.59. The van der Waals surface area contributed by atoms with Gasteiger partial charge in [0.05, 0.1) is 0 Å². The lowest BCUT2D eigenvalue weighted by Crippen LogP contribution is -2.44. The van der Waals surface area contributed by atoms with Crippen molar-refractivity contribution in [2.24, 2.45) is 0 Å². The second kappa shape index (κ2) is 4.53. The van der Waals surface area contributed by atoms with Crippen LogP contribution in [-0.4, -0.2) is 35.7 Å². The van der Waals surface area contributed by atoms with Gasteiger partial charge >= 0.3 is 0 Å². The van der Waals surface area contributed by atoms with E-state index in [-0.39, 0.29) is 6.10 Å². The maximum atomic E-state index is 5.90. The average molecular weight is 249 g/mol. The van der Waals surface area contributed by atoms with Crippen molar-refractivity contribution in [1.82, 2.24) is 4.90 Å². The molecule has 0 radical (unpaired) electrons. The Bertz CT molecular complexity index is 429. The molecule has 1 aromatic rings. The molecule has 4 heteroatoms. The molecule has 0 unspecified atom stereocenters. The quantitative estimate of drug-likeness (QED) is 0.712. The molecule has 2 heterocycles. The first-order valence-electron chi connectivity index (χ1n) is 6.02. The normalized spacial score (nSPS) is 22.6. The van der Waals surface area contributed by atoms with Gasteiger partial charge in [-0.05, 0) is 25.0 Å². The minimum absolute atomic E-state index is 0.113. The van der Waals surface area contributed by atoms with Crippen LogP contribution in [0.25, 0.3) is 0 Å². The van der Waals surface area contributed by atoms with E-state index < -0.39 is 0 Å². The maximum Gasteiger partial charge on any atom is 0.182 e. The number of thiocarbonyl (C=S) groups is 1. The van der Waals surface area contributed by atoms with E-state index in [2.05, 4.69) is 4.90 Å². The number of likely N-dealkylation sites (tertiary alicyclic amines) is 1. The number of fused-ring (bicyclic) bond motifs is 1. The van der Waals surface area contributed by atoms with Gasteiger partial charge in [0.15, 0.2) is 17.6 Å². The number of rotatable bonds is 1. The van der Waals surface area contributed by atoms with Gasteiger partial charge in [-0.15, -0.1) is 0 Å². The van der Waals surface area contributed by atoms with Gasteiger partial charge in [-0.25, -0.2) is 0 Å². The Morgan fingerprint density at radius 3 is 2.65 bits per heavy atom. The van der Waals surface area contributed by atoms with E-state index in [9.17, 15) is 0 Å². The molecule has 2 aliphatic rings. The molecule has 90 valence electrons. The Labute approximate surface area is 106 Å². The Morgan fingerprint density at radius 1 is 1.18 bits per heavy atom. The molecule has 1 saturated heterocycles. The minimum Gasteiger partial charge on any atom is -0.485 e. The fourth-order valence-electron chi connectivity index (χ4n) is 2.28. The van der Waals surface area contributed by atoms with E-state index in [4.69, 9.17) is 21.7 Å². The van der Waals surface area contributed by atoms with Crippen molar-refractivity contribution in [3.63, 3.8) is 0 Å². The maximum absolute atomic E-state index is 5.90. The summed E-state index contributed by atoms with van der Waals surface area (Å²) in [5.41, 5.74) is 0. The summed E-state index contributed by atoms with van der Waals surface area (Å²) in [5, 5.41) is 0. The minimum atomic E-state index is -0.113. The Kier molecular flexibility index (Phi) is 2.89. The lowest BCUT2D eigenvalue weighted by molar-refractivity contribution is 0.128. The molecular weight excluding hydrogens is 234 g/mol. The molecule has 0 saturated carbocycles. The first-order valence-corrected chi connectivity index (χ1v) is 6.43. The van der Waals surface area contributed by atoms with Gasteiger partial charge < -0.3 is 14.4 Å². The molecular formula is C13H15NO2S. The SMILES string of the molecule is S=C([C@H]1COc2ccccc2O1)N1CCCC1. The standard InChI is InChI=1S/C13H15NO2S/c17-13(14-7-3-4-8-14)12-9-15-10-5-1-2-6-11(10)16-12/h1-2,5-6,12H,3-4,7-9H2/t12-/m1/s1. The van der Waals surface area contributed by atoms with Crippen LogP contribution in [0.3, 0.4) is 0 Å². The van der Waals surface area contributed by atoms with Gasteiger partial charge in [-0.3, -0.25) is 0 Å². The second-order valence-corrected chi connectivity index (χ2v) is 4.81. The Morgan fingerprint density at radius 2 is 1.88 bits per heavy atom. The van der Waals surface area contributed by atoms with Crippen molar-refractivity contribution in [1.29, 1.82) is 0 Å². The van der Waals surface area contributed by atoms with E-state index in [1.807, 2.05) is 24.3 Å². The van der Waals surface area contributed by atoms with Crippen LogP contribution < -0.4 is 9.47 Å². The summed E-state index contributed by atoms with van der Waals surface area (Å²) in [5.74, 6) is 1.61. The average Bonchev–Trinajstić information content (AvgIpc) is 2.91. The summed E-state index contributed by atoms with van der Waals surface area (Å²) < 4.78 is 11.6. The van der Waals surface area contributed by atoms with Crippen molar-refractivity contribution >= 4 is 17.2 Å². The van der Waals surface area contributed by atoms with Crippen molar-refractivity contribution in [2.75, 3.05) is 19.7 Å². The molecule has 0 aliphatic carbocycles. The smallest absolute Gasteiger partial charge is 0.182 e. The van der Waals surface area contributed by atoms with Crippen molar-refractivity contribution in [3.8, 4) is 11.5 Å². The highest BCUT2D eigenvalue weighted by molar-refractivity contribution is 7.80. The number of nitrogens with zero attached hydrogens (tertiary/aromatic N) is 1. The van der Waals surface area contributed by atoms with Gasteiger partial charge in [-0.1, -0.05) is 24.4 Å². The van der Waals surface area contributed by atoms with Crippen LogP contribution in [0.5, 0.6) is 11.5 Å². The highest BCUT2D eigenvalue weighted by atomic mass is 32.1. The largest absolute Gasteiger partial charge is 0.485 e. The summed E-state index contributed by atoms with van der Waals surface area (Å²) >= 11 is 5.48. The highest BCUT2D eigenvalue weighted by Gasteiger charge is 2.28. The molecule has 0 aromatic heterocycles. The number of hydrogen-bond donors (Lipinski definition) is 0. The molecule has 1 aromatic carbocycles. The van der Waals surface area contributed by atoms with Gasteiger partial charge in [-0.2, -0.15) is 0 Å². The van der Waals surface area contributed by atoms with Gasteiger partial charge in [0.25, 0.3) is 0 Å². The zero-order chi connectivity index (χ0) is 11.7. The van der Waals surface area contributed by atoms with Crippen LogP contribution in [-0.2, 0) is 0 Å². The van der Waals surface area contributed by atoms with Crippen LogP contribution in [0.4, 0.5) is 0 Å². The lowest BCUT2D eigenvalue weighted by atomic mass is 10.2. The summed E-state index contributed by atoms with van der Waals surface area (Å²) in [7, 11) is 0. The van der Waals surface area contributed by atoms with Crippen LogP contribution in [0.2, 0.25) is 0 Å². The van der Waals surface area contributed by atoms with Crippen molar-refractivity contribution in [2.45, 2.75) is 18.9 Å². The third-order valence-corrected chi connectivity index (χ3v) is 3.72. The highest BCUT2D eigenvalue weighted by Crippen LogP contribution is 2.31. The Hall–Kier alpha value is -1.29. The van der Waals surface area contributed by atoms with E-state index in [1.54, 1.807) is 0 Å². The van der Waals surface area contributed by atoms with E-state index in [0.29, 0.717) is 6.61 Å². The van der Waals surface area contributed by atoms with Crippen molar-refractivity contribution < 1.29 is 9.47 Å². The molecule has 0 spiro atoms. The van der Waals surface area contributed by atoms with Gasteiger partial charge in [0.1, 0.15) is 11.6 Å². The number of hydrogen-bond acceptors (Lipinski definition) is 3. The molecule has 17 heavy (non-hydrogen) atoms. The van der Waals surface area contributed by atoms with Crippen molar-refractivity contribution in [3.05, 3.63) is 24.3 Å². The van der Waals surface area contributed by atoms with Crippen LogP contribution >= 0.6 is 12.2 Å². The van der Waals surface area contributed by atoms with E-state index in [1.165, 1.54) is 12.8 Å². The zero-order valence-corrected chi connectivity index (χ0v) is 10.4. The van der Waals surface area contributed by atoms with Crippen LogP contribution in [0.1, 0.15) is 12.8 Å². The fourth-order valence-corrected chi connectivity index (χ4v) is 2.58. The molecule has 0 N–H and O–H groups in total. The van der Waals surface area contributed by atoms with Gasteiger partial charge in [0.2, 0.25) is 0 Å². The molecule has 1 fully saturated rings. The fraction of sp³-hybridized carbons (Fsp3) is 0.462.